The second-order valence-corrected chi connectivity index (χ2v) is 6.97. The minimum absolute atomic E-state index is 0.131. The van der Waals surface area contributed by atoms with Gasteiger partial charge in [-0.15, -0.1) is 0 Å². The molecule has 1 saturated carbocycles. The van der Waals surface area contributed by atoms with Gasteiger partial charge in [-0.2, -0.15) is 5.10 Å². The Morgan fingerprint density at radius 1 is 1.33 bits per heavy atom. The second-order valence-electron chi connectivity index (χ2n) is 6.97. The largest absolute Gasteiger partial charge is 0.340 e. The predicted octanol–water partition coefficient (Wildman–Crippen LogP) is 2.26. The zero-order valence-electron chi connectivity index (χ0n) is 14.2. The topological polar surface area (TPSA) is 63.9 Å². The van der Waals surface area contributed by atoms with Gasteiger partial charge in [0, 0.05) is 31.4 Å². The molecule has 0 N–H and O–H groups in total. The van der Waals surface area contributed by atoms with Crippen LogP contribution in [0.25, 0.3) is 0 Å². The van der Waals surface area contributed by atoms with Crippen LogP contribution in [0.1, 0.15) is 48.4 Å². The van der Waals surface area contributed by atoms with Gasteiger partial charge in [0.1, 0.15) is 11.6 Å². The van der Waals surface area contributed by atoms with Gasteiger partial charge < -0.3 is 4.90 Å². The van der Waals surface area contributed by atoms with E-state index in [0.29, 0.717) is 11.8 Å². The average Bonchev–Trinajstić information content (AvgIpc) is 3.33. The van der Waals surface area contributed by atoms with Crippen LogP contribution < -0.4 is 0 Å². The quantitative estimate of drug-likeness (QED) is 0.868. The van der Waals surface area contributed by atoms with Crippen LogP contribution in [0, 0.1) is 19.8 Å². The normalized spacial score (nSPS) is 26.4. The molecule has 0 bridgehead atoms. The van der Waals surface area contributed by atoms with Crippen molar-refractivity contribution < 1.29 is 4.79 Å². The van der Waals surface area contributed by atoms with Crippen molar-refractivity contribution in [1.82, 2.24) is 24.6 Å². The fourth-order valence-electron chi connectivity index (χ4n) is 3.90. The van der Waals surface area contributed by atoms with Crippen molar-refractivity contribution in [3.63, 3.8) is 0 Å². The van der Waals surface area contributed by atoms with E-state index in [1.807, 2.05) is 35.7 Å². The third kappa shape index (κ3) is 2.81. The minimum Gasteiger partial charge on any atom is -0.340 e. The number of pyridine rings is 1. The Kier molecular flexibility index (Phi) is 3.82. The summed E-state index contributed by atoms with van der Waals surface area (Å²) in [6, 6.07) is 4.27. The van der Waals surface area contributed by atoms with E-state index in [2.05, 4.69) is 21.1 Å². The first-order valence-electron chi connectivity index (χ1n) is 8.72. The standard InChI is InChI=1S/C18H23N5O/c1-12-20-13(2)23(21-12)15-6-4-8-22(11-15)18(24)17-9-16(17)14-5-3-7-19-10-14/h3,5,7,10,15-17H,4,6,8-9,11H2,1-2H3/t15-,16+,17-/m1/s1. The second kappa shape index (κ2) is 6.00. The number of hydrogen-bond donors (Lipinski definition) is 0. The van der Waals surface area contributed by atoms with Gasteiger partial charge in [-0.25, -0.2) is 9.67 Å². The number of aromatic nitrogens is 4. The maximum Gasteiger partial charge on any atom is 0.226 e. The van der Waals surface area contributed by atoms with Crippen molar-refractivity contribution in [1.29, 1.82) is 0 Å². The Hall–Kier alpha value is -2.24. The highest BCUT2D eigenvalue weighted by molar-refractivity contribution is 5.83. The molecular weight excluding hydrogens is 302 g/mol. The lowest BCUT2D eigenvalue weighted by molar-refractivity contribution is -0.134. The summed E-state index contributed by atoms with van der Waals surface area (Å²) in [5.74, 6) is 2.51. The Balaban J connectivity index is 1.43. The molecule has 3 atom stereocenters. The van der Waals surface area contributed by atoms with E-state index >= 15 is 0 Å². The molecule has 2 aliphatic rings. The number of rotatable bonds is 3. The number of carbonyl (C=O) groups excluding carboxylic acids is 1. The fourth-order valence-corrected chi connectivity index (χ4v) is 3.90. The van der Waals surface area contributed by atoms with Crippen molar-refractivity contribution in [2.24, 2.45) is 5.92 Å². The smallest absolute Gasteiger partial charge is 0.226 e. The van der Waals surface area contributed by atoms with Gasteiger partial charge >= 0.3 is 0 Å². The van der Waals surface area contributed by atoms with Crippen LogP contribution in [-0.4, -0.2) is 43.6 Å². The van der Waals surface area contributed by atoms with E-state index < -0.39 is 0 Å². The first-order valence-corrected chi connectivity index (χ1v) is 8.72. The lowest BCUT2D eigenvalue weighted by Crippen LogP contribution is -2.42. The van der Waals surface area contributed by atoms with E-state index in [0.717, 1.165) is 44.0 Å². The molecule has 0 unspecified atom stereocenters. The number of nitrogens with zero attached hydrogens (tertiary/aromatic N) is 5. The first-order chi connectivity index (χ1) is 11.6. The monoisotopic (exact) mass is 325 g/mol. The molecule has 1 aliphatic carbocycles. The highest BCUT2D eigenvalue weighted by Crippen LogP contribution is 2.48. The van der Waals surface area contributed by atoms with Gasteiger partial charge in [0.2, 0.25) is 5.91 Å². The Bertz CT molecular complexity index is 741. The average molecular weight is 325 g/mol. The molecule has 2 aromatic heterocycles. The number of carbonyl (C=O) groups is 1. The van der Waals surface area contributed by atoms with Crippen LogP contribution in [0.4, 0.5) is 0 Å². The molecule has 4 rings (SSSR count). The van der Waals surface area contributed by atoms with Crippen LogP contribution in [0.2, 0.25) is 0 Å². The van der Waals surface area contributed by atoms with Crippen LogP contribution in [0.3, 0.4) is 0 Å². The maximum atomic E-state index is 12.9. The van der Waals surface area contributed by atoms with Crippen molar-refractivity contribution in [3.05, 3.63) is 41.7 Å². The van der Waals surface area contributed by atoms with Crippen molar-refractivity contribution in [2.75, 3.05) is 13.1 Å². The Labute approximate surface area is 141 Å². The number of amides is 1. The summed E-state index contributed by atoms with van der Waals surface area (Å²) in [6.07, 6.45) is 6.70. The SMILES string of the molecule is Cc1nc(C)n([C@@H]2CCCN(C(=O)[C@@H]3C[C@H]3c3cccnc3)C2)n1. The molecular formula is C18H23N5O. The van der Waals surface area contributed by atoms with E-state index in [-0.39, 0.29) is 12.0 Å². The molecule has 2 fully saturated rings. The molecule has 24 heavy (non-hydrogen) atoms. The van der Waals surface area contributed by atoms with Crippen molar-refractivity contribution >= 4 is 5.91 Å². The minimum atomic E-state index is 0.131. The highest BCUT2D eigenvalue weighted by atomic mass is 16.2. The molecule has 1 saturated heterocycles. The van der Waals surface area contributed by atoms with E-state index in [9.17, 15) is 4.79 Å². The van der Waals surface area contributed by atoms with Crippen LogP contribution in [-0.2, 0) is 4.79 Å². The van der Waals surface area contributed by atoms with Gasteiger partial charge in [0.15, 0.2) is 0 Å². The zero-order valence-corrected chi connectivity index (χ0v) is 14.2. The van der Waals surface area contributed by atoms with Gasteiger partial charge in [0.25, 0.3) is 0 Å². The third-order valence-corrected chi connectivity index (χ3v) is 5.18. The number of likely N-dealkylation sites (tertiary alicyclic amines) is 1. The van der Waals surface area contributed by atoms with Crippen LogP contribution in [0.15, 0.2) is 24.5 Å². The first kappa shape index (κ1) is 15.3. The lowest BCUT2D eigenvalue weighted by Gasteiger charge is -2.33. The van der Waals surface area contributed by atoms with Crippen LogP contribution >= 0.6 is 0 Å². The van der Waals surface area contributed by atoms with Gasteiger partial charge in [-0.1, -0.05) is 6.07 Å². The summed E-state index contributed by atoms with van der Waals surface area (Å²) < 4.78 is 2.00. The zero-order chi connectivity index (χ0) is 16.7. The number of piperidine rings is 1. The summed E-state index contributed by atoms with van der Waals surface area (Å²) in [6.45, 7) is 5.51. The van der Waals surface area contributed by atoms with Gasteiger partial charge in [0.05, 0.1) is 6.04 Å². The summed E-state index contributed by atoms with van der Waals surface area (Å²) >= 11 is 0. The summed E-state index contributed by atoms with van der Waals surface area (Å²) in [5, 5.41) is 4.51. The summed E-state index contributed by atoms with van der Waals surface area (Å²) in [7, 11) is 0. The molecule has 3 heterocycles. The third-order valence-electron chi connectivity index (χ3n) is 5.18. The summed E-state index contributed by atoms with van der Waals surface area (Å²) in [4.78, 5) is 23.5. The fraction of sp³-hybridized carbons (Fsp3) is 0.556. The van der Waals surface area contributed by atoms with Crippen LogP contribution in [0.5, 0.6) is 0 Å². The lowest BCUT2D eigenvalue weighted by atomic mass is 10.0. The molecule has 6 nitrogen and oxygen atoms in total. The van der Waals surface area contributed by atoms with Crippen molar-refractivity contribution in [2.45, 2.75) is 45.1 Å². The molecule has 1 amide bonds. The molecule has 0 radical (unpaired) electrons. The molecule has 126 valence electrons. The number of hydrogen-bond acceptors (Lipinski definition) is 4. The molecule has 0 aromatic carbocycles. The highest BCUT2D eigenvalue weighted by Gasteiger charge is 2.46. The Morgan fingerprint density at radius 3 is 2.92 bits per heavy atom. The van der Waals surface area contributed by atoms with Gasteiger partial charge in [-0.05, 0) is 50.7 Å². The summed E-state index contributed by atoms with van der Waals surface area (Å²) in [5.41, 5.74) is 1.19. The number of aryl methyl sites for hydroxylation is 2. The molecule has 0 spiro atoms. The molecule has 1 aliphatic heterocycles. The van der Waals surface area contributed by atoms with E-state index in [1.54, 1.807) is 6.20 Å². The predicted molar refractivity (Wildman–Crippen MR) is 89.4 cm³/mol. The maximum absolute atomic E-state index is 12.9. The molecule has 2 aromatic rings. The van der Waals surface area contributed by atoms with E-state index in [1.165, 1.54) is 5.56 Å². The van der Waals surface area contributed by atoms with E-state index in [4.69, 9.17) is 0 Å². The van der Waals surface area contributed by atoms with Crippen molar-refractivity contribution in [3.8, 4) is 0 Å². The Morgan fingerprint density at radius 2 is 2.21 bits per heavy atom. The van der Waals surface area contributed by atoms with Gasteiger partial charge in [-0.3, -0.25) is 9.78 Å². The molecule has 6 heteroatoms.